The Balaban J connectivity index is 2.20. The van der Waals surface area contributed by atoms with Crippen LogP contribution in [0.1, 0.15) is 6.92 Å². The lowest BCUT2D eigenvalue weighted by molar-refractivity contribution is -0.131. The SMILES string of the molecule is CC1=C(Cl)C(C(=O)Nc2nnnn2C)NN(C)C1=O. The van der Waals surface area contributed by atoms with E-state index in [0.29, 0.717) is 5.57 Å². The van der Waals surface area contributed by atoms with E-state index in [-0.39, 0.29) is 16.9 Å². The summed E-state index contributed by atoms with van der Waals surface area (Å²) in [6.07, 6.45) is 0. The van der Waals surface area contributed by atoms with Gasteiger partial charge in [0.25, 0.3) is 11.8 Å². The lowest BCUT2D eigenvalue weighted by Crippen LogP contribution is -2.55. The Morgan fingerprint density at radius 3 is 2.74 bits per heavy atom. The molecule has 1 aromatic heterocycles. The van der Waals surface area contributed by atoms with Gasteiger partial charge < -0.3 is 0 Å². The number of aromatic nitrogens is 4. The molecule has 0 aromatic carbocycles. The van der Waals surface area contributed by atoms with Gasteiger partial charge in [0, 0.05) is 19.7 Å². The number of likely N-dealkylation sites (N-methyl/N-ethyl adjacent to an activating group) is 1. The summed E-state index contributed by atoms with van der Waals surface area (Å²) in [5, 5.41) is 14.5. The van der Waals surface area contributed by atoms with E-state index in [1.165, 1.54) is 16.7 Å². The lowest BCUT2D eigenvalue weighted by Gasteiger charge is -2.30. The van der Waals surface area contributed by atoms with Gasteiger partial charge in [-0.05, 0) is 17.4 Å². The number of nitrogens with one attached hydrogen (secondary N) is 2. The molecule has 0 radical (unpaired) electrons. The molecule has 1 aromatic rings. The van der Waals surface area contributed by atoms with E-state index in [1.807, 2.05) is 0 Å². The molecule has 102 valence electrons. The van der Waals surface area contributed by atoms with Crippen LogP contribution in [-0.2, 0) is 16.6 Å². The van der Waals surface area contributed by atoms with Gasteiger partial charge in [-0.25, -0.2) is 10.1 Å². The molecule has 2 heterocycles. The molecule has 9 nitrogen and oxygen atoms in total. The highest BCUT2D eigenvalue weighted by molar-refractivity contribution is 6.35. The van der Waals surface area contributed by atoms with Crippen LogP contribution in [0.5, 0.6) is 0 Å². The van der Waals surface area contributed by atoms with E-state index in [9.17, 15) is 9.59 Å². The minimum atomic E-state index is -0.860. The number of hydrazine groups is 1. The summed E-state index contributed by atoms with van der Waals surface area (Å²) >= 11 is 6.02. The third kappa shape index (κ3) is 2.42. The highest BCUT2D eigenvalue weighted by atomic mass is 35.5. The maximum atomic E-state index is 12.1. The second-order valence-electron chi connectivity index (χ2n) is 4.01. The topological polar surface area (TPSA) is 105 Å². The molecule has 10 heteroatoms. The smallest absolute Gasteiger partial charge is 0.264 e. The maximum absolute atomic E-state index is 12.1. The average Bonchev–Trinajstić information content (AvgIpc) is 2.77. The Bertz CT molecular complexity index is 567. The van der Waals surface area contributed by atoms with E-state index in [4.69, 9.17) is 11.6 Å². The van der Waals surface area contributed by atoms with Crippen molar-refractivity contribution < 1.29 is 9.59 Å². The molecular formula is C9H12ClN7O2. The van der Waals surface area contributed by atoms with Gasteiger partial charge in [0.15, 0.2) is 0 Å². The number of halogens is 1. The summed E-state index contributed by atoms with van der Waals surface area (Å²) in [6, 6.07) is -0.860. The average molecular weight is 286 g/mol. The monoisotopic (exact) mass is 285 g/mol. The van der Waals surface area contributed by atoms with Gasteiger partial charge in [-0.2, -0.15) is 0 Å². The number of anilines is 1. The van der Waals surface area contributed by atoms with E-state index < -0.39 is 11.9 Å². The Morgan fingerprint density at radius 2 is 2.16 bits per heavy atom. The first kappa shape index (κ1) is 13.4. The quantitative estimate of drug-likeness (QED) is 0.723. The Hall–Kier alpha value is -2.00. The Kier molecular flexibility index (Phi) is 3.49. The maximum Gasteiger partial charge on any atom is 0.264 e. The number of hydrogen-bond donors (Lipinski definition) is 2. The van der Waals surface area contributed by atoms with Crippen molar-refractivity contribution in [3.05, 3.63) is 10.6 Å². The molecule has 1 aliphatic rings. The molecule has 0 fully saturated rings. The molecule has 0 saturated heterocycles. The number of carbonyl (C=O) groups is 2. The van der Waals surface area contributed by atoms with Crippen LogP contribution in [0.25, 0.3) is 0 Å². The normalized spacial score (nSPS) is 19.9. The van der Waals surface area contributed by atoms with Crippen molar-refractivity contribution in [3.63, 3.8) is 0 Å². The first-order valence-electron chi connectivity index (χ1n) is 5.35. The molecule has 19 heavy (non-hydrogen) atoms. The molecule has 1 atom stereocenters. The zero-order valence-electron chi connectivity index (χ0n) is 10.5. The van der Waals surface area contributed by atoms with E-state index >= 15 is 0 Å². The zero-order chi connectivity index (χ0) is 14.2. The first-order valence-corrected chi connectivity index (χ1v) is 5.73. The predicted molar refractivity (Wildman–Crippen MR) is 65.7 cm³/mol. The summed E-state index contributed by atoms with van der Waals surface area (Å²) in [5.41, 5.74) is 3.00. The van der Waals surface area contributed by atoms with E-state index in [1.54, 1.807) is 14.0 Å². The van der Waals surface area contributed by atoms with Gasteiger partial charge in [-0.15, -0.1) is 0 Å². The molecular weight excluding hydrogens is 274 g/mol. The van der Waals surface area contributed by atoms with Gasteiger partial charge in [0.2, 0.25) is 5.95 Å². The number of tetrazole rings is 1. The van der Waals surface area contributed by atoms with Gasteiger partial charge in [-0.3, -0.25) is 19.9 Å². The second-order valence-corrected chi connectivity index (χ2v) is 4.42. The molecule has 2 amide bonds. The number of rotatable bonds is 2. The second kappa shape index (κ2) is 4.94. The standard InChI is InChI=1S/C9H12ClN7O2/c1-4-5(10)6(13-16(2)8(4)19)7(18)11-9-12-14-15-17(9)3/h6,13H,1-3H3,(H,11,12,15,18). The van der Waals surface area contributed by atoms with Crippen LogP contribution in [0, 0.1) is 0 Å². The summed E-state index contributed by atoms with van der Waals surface area (Å²) in [4.78, 5) is 23.7. The fraction of sp³-hybridized carbons (Fsp3) is 0.444. The number of aryl methyl sites for hydroxylation is 1. The van der Waals surface area contributed by atoms with Crippen molar-refractivity contribution in [1.29, 1.82) is 0 Å². The summed E-state index contributed by atoms with van der Waals surface area (Å²) in [5.74, 6) is -0.551. The fourth-order valence-electron chi connectivity index (χ4n) is 1.57. The highest BCUT2D eigenvalue weighted by Gasteiger charge is 2.33. The van der Waals surface area contributed by atoms with Crippen molar-refractivity contribution >= 4 is 29.4 Å². The number of nitrogens with zero attached hydrogens (tertiary/aromatic N) is 5. The molecule has 0 spiro atoms. The number of carbonyl (C=O) groups excluding carboxylic acids is 2. The van der Waals surface area contributed by atoms with Gasteiger partial charge in [0.05, 0.1) is 5.03 Å². The molecule has 2 rings (SSSR count). The molecule has 0 saturated carbocycles. The van der Waals surface area contributed by atoms with Crippen molar-refractivity contribution in [1.82, 2.24) is 30.6 Å². The molecule has 0 bridgehead atoms. The van der Waals surface area contributed by atoms with Gasteiger partial charge in [0.1, 0.15) is 6.04 Å². The first-order chi connectivity index (χ1) is 8.91. The molecule has 1 aliphatic heterocycles. The third-order valence-electron chi connectivity index (χ3n) is 2.68. The summed E-state index contributed by atoms with van der Waals surface area (Å²) in [7, 11) is 3.10. The number of amides is 2. The lowest BCUT2D eigenvalue weighted by atomic mass is 10.1. The van der Waals surface area contributed by atoms with Crippen LogP contribution >= 0.6 is 11.6 Å². The van der Waals surface area contributed by atoms with Crippen LogP contribution in [0.15, 0.2) is 10.6 Å². The van der Waals surface area contributed by atoms with Gasteiger partial charge in [-0.1, -0.05) is 16.7 Å². The van der Waals surface area contributed by atoms with Crippen LogP contribution < -0.4 is 10.7 Å². The van der Waals surface area contributed by atoms with E-state index in [2.05, 4.69) is 26.3 Å². The van der Waals surface area contributed by atoms with Gasteiger partial charge >= 0.3 is 0 Å². The van der Waals surface area contributed by atoms with Crippen molar-refractivity contribution in [2.75, 3.05) is 12.4 Å². The molecule has 1 unspecified atom stereocenters. The summed E-state index contributed by atoms with van der Waals surface area (Å²) in [6.45, 7) is 1.56. The third-order valence-corrected chi connectivity index (χ3v) is 3.18. The van der Waals surface area contributed by atoms with Crippen molar-refractivity contribution in [2.24, 2.45) is 7.05 Å². The van der Waals surface area contributed by atoms with Crippen LogP contribution in [0.2, 0.25) is 0 Å². The largest absolute Gasteiger partial charge is 0.292 e. The highest BCUT2D eigenvalue weighted by Crippen LogP contribution is 2.21. The van der Waals surface area contributed by atoms with Crippen LogP contribution in [0.3, 0.4) is 0 Å². The van der Waals surface area contributed by atoms with Crippen LogP contribution in [-0.4, -0.2) is 50.1 Å². The van der Waals surface area contributed by atoms with E-state index in [0.717, 1.165) is 0 Å². The minimum Gasteiger partial charge on any atom is -0.292 e. The molecule has 0 aliphatic carbocycles. The number of hydrogen-bond acceptors (Lipinski definition) is 6. The summed E-state index contributed by atoms with van der Waals surface area (Å²) < 4.78 is 1.31. The fourth-order valence-corrected chi connectivity index (χ4v) is 1.80. The minimum absolute atomic E-state index is 0.149. The Labute approximate surface area is 113 Å². The zero-order valence-corrected chi connectivity index (χ0v) is 11.3. The van der Waals surface area contributed by atoms with Crippen molar-refractivity contribution in [2.45, 2.75) is 13.0 Å². The predicted octanol–water partition coefficient (Wildman–Crippen LogP) is -0.993. The van der Waals surface area contributed by atoms with Crippen molar-refractivity contribution in [3.8, 4) is 0 Å². The Morgan fingerprint density at radius 1 is 1.47 bits per heavy atom. The molecule has 2 N–H and O–H groups in total. The van der Waals surface area contributed by atoms with Crippen LogP contribution in [0.4, 0.5) is 5.95 Å².